The summed E-state index contributed by atoms with van der Waals surface area (Å²) in [6.45, 7) is 4.28. The molecular weight excluding hydrogens is 432 g/mol. The van der Waals surface area contributed by atoms with Crippen LogP contribution in [0.15, 0.2) is 157 Å². The molecule has 2 aliphatic rings. The molecule has 0 fully saturated rings. The van der Waals surface area contributed by atoms with Crippen LogP contribution >= 0.6 is 0 Å². The molecule has 2 unspecified atom stereocenters. The van der Waals surface area contributed by atoms with Crippen LogP contribution in [0, 0.1) is 11.8 Å². The molecule has 5 rings (SSSR count). The first-order valence-corrected chi connectivity index (χ1v) is 12.7. The maximum absolute atomic E-state index is 2.35. The quantitative estimate of drug-likeness (QED) is 0.337. The normalized spacial score (nSPS) is 24.6. The summed E-state index contributed by atoms with van der Waals surface area (Å²) in [6, 6.07) is 24.3. The summed E-state index contributed by atoms with van der Waals surface area (Å²) in [6.07, 6.45) is 28.6. The molecule has 0 saturated carbocycles. The third kappa shape index (κ3) is 4.95. The van der Waals surface area contributed by atoms with Crippen LogP contribution < -0.4 is 0 Å². The molecule has 3 aromatic rings. The Morgan fingerprint density at radius 2 is 1.36 bits per heavy atom. The molecule has 176 valence electrons. The highest BCUT2D eigenvalue weighted by Gasteiger charge is 2.27. The average Bonchev–Trinajstić information content (AvgIpc) is 2.94. The van der Waals surface area contributed by atoms with Gasteiger partial charge in [-0.2, -0.15) is 0 Å². The van der Waals surface area contributed by atoms with Gasteiger partial charge in [-0.3, -0.25) is 0 Å². The van der Waals surface area contributed by atoms with Crippen LogP contribution in [-0.2, 0) is 0 Å². The van der Waals surface area contributed by atoms with E-state index in [1.54, 1.807) is 0 Å². The van der Waals surface area contributed by atoms with Gasteiger partial charge < -0.3 is 0 Å². The van der Waals surface area contributed by atoms with Gasteiger partial charge in [0, 0.05) is 11.8 Å². The summed E-state index contributed by atoms with van der Waals surface area (Å²) >= 11 is 0. The average molecular weight is 465 g/mol. The van der Waals surface area contributed by atoms with Crippen molar-refractivity contribution in [1.29, 1.82) is 0 Å². The summed E-state index contributed by atoms with van der Waals surface area (Å²) in [7, 11) is 0. The molecule has 0 heteroatoms. The first-order valence-electron chi connectivity index (χ1n) is 12.7. The molecule has 0 bridgehead atoms. The highest BCUT2D eigenvalue weighted by atomic mass is 14.3. The van der Waals surface area contributed by atoms with Crippen molar-refractivity contribution in [2.75, 3.05) is 0 Å². The monoisotopic (exact) mass is 464 g/mol. The second-order valence-electron chi connectivity index (χ2n) is 9.31. The van der Waals surface area contributed by atoms with E-state index >= 15 is 0 Å². The molecule has 0 nitrogen and oxygen atoms in total. The maximum atomic E-state index is 2.35. The number of allylic oxidation sites excluding steroid dienone is 16. The van der Waals surface area contributed by atoms with Gasteiger partial charge in [0.25, 0.3) is 0 Å². The van der Waals surface area contributed by atoms with Gasteiger partial charge >= 0.3 is 0 Å². The molecule has 0 heterocycles. The summed E-state index contributed by atoms with van der Waals surface area (Å²) < 4.78 is 0. The van der Waals surface area contributed by atoms with Gasteiger partial charge in [-0.05, 0) is 58.0 Å². The van der Waals surface area contributed by atoms with Crippen molar-refractivity contribution < 1.29 is 0 Å². The lowest BCUT2D eigenvalue weighted by Gasteiger charge is -2.30. The molecule has 3 aromatic carbocycles. The fraction of sp³-hybridized carbons (Fsp3) is 0.111. The fourth-order valence-corrected chi connectivity index (χ4v) is 5.21. The third-order valence-corrected chi connectivity index (χ3v) is 7.05. The van der Waals surface area contributed by atoms with Crippen molar-refractivity contribution in [1.82, 2.24) is 0 Å². The number of benzene rings is 3. The van der Waals surface area contributed by atoms with E-state index in [2.05, 4.69) is 160 Å². The Morgan fingerprint density at radius 3 is 2.17 bits per heavy atom. The van der Waals surface area contributed by atoms with Gasteiger partial charge in [0.05, 0.1) is 0 Å². The SMILES string of the molecule is C\C=C/C=C(C)/C1=C\C=C/C=C\C=C(/c2ccc(-c3cccc4ccccc34)cc2)C2C=CC=CC12. The Balaban J connectivity index is 1.55. The van der Waals surface area contributed by atoms with E-state index in [-0.39, 0.29) is 11.8 Å². The first-order chi connectivity index (χ1) is 17.8. The molecule has 0 aromatic heterocycles. The van der Waals surface area contributed by atoms with Gasteiger partial charge in [0.2, 0.25) is 0 Å². The van der Waals surface area contributed by atoms with Crippen LogP contribution in [-0.4, -0.2) is 0 Å². The second kappa shape index (κ2) is 11.1. The summed E-state index contributed by atoms with van der Waals surface area (Å²) in [4.78, 5) is 0. The Bertz CT molecular complexity index is 1470. The minimum atomic E-state index is 0.259. The summed E-state index contributed by atoms with van der Waals surface area (Å²) in [5.41, 5.74) is 7.76. The Labute approximate surface area is 215 Å². The van der Waals surface area contributed by atoms with Gasteiger partial charge in [0.1, 0.15) is 0 Å². The van der Waals surface area contributed by atoms with Gasteiger partial charge in [0.15, 0.2) is 0 Å². The number of rotatable bonds is 4. The molecule has 0 radical (unpaired) electrons. The van der Waals surface area contributed by atoms with E-state index in [1.165, 1.54) is 44.2 Å². The zero-order valence-electron chi connectivity index (χ0n) is 21.0. The van der Waals surface area contributed by atoms with Crippen molar-refractivity contribution >= 4 is 16.3 Å². The van der Waals surface area contributed by atoms with E-state index in [4.69, 9.17) is 0 Å². The molecule has 0 amide bonds. The molecular formula is C36H32. The standard InChI is InChI=1S/C36H32/c1-3-4-14-27(2)31-17-7-5-6-8-18-34(36-21-12-11-20-35(31)36)30-25-23-29(24-26-30)33-22-13-16-28-15-9-10-19-32(28)33/h3-26,35-36H,1-2H3/b4-3-,7-5-,8-6-,27-14+,31-17+,34-18+. The minimum Gasteiger partial charge on any atom is -0.0877 e. The zero-order valence-corrected chi connectivity index (χ0v) is 21.0. The van der Waals surface area contributed by atoms with Crippen molar-refractivity contribution in [3.8, 4) is 11.1 Å². The van der Waals surface area contributed by atoms with Crippen LogP contribution in [0.4, 0.5) is 0 Å². The highest BCUT2D eigenvalue weighted by Crippen LogP contribution is 2.40. The smallest absolute Gasteiger partial charge is 0.0131 e. The lowest BCUT2D eigenvalue weighted by atomic mass is 9.74. The minimum absolute atomic E-state index is 0.259. The molecule has 0 aliphatic heterocycles. The van der Waals surface area contributed by atoms with Crippen molar-refractivity contribution in [2.45, 2.75) is 13.8 Å². The number of hydrogen-bond acceptors (Lipinski definition) is 0. The molecule has 36 heavy (non-hydrogen) atoms. The van der Waals surface area contributed by atoms with E-state index in [1.807, 2.05) is 0 Å². The van der Waals surface area contributed by atoms with Crippen LogP contribution in [0.2, 0.25) is 0 Å². The molecule has 0 saturated heterocycles. The van der Waals surface area contributed by atoms with Crippen molar-refractivity contribution in [3.05, 3.63) is 162 Å². The second-order valence-corrected chi connectivity index (χ2v) is 9.31. The lowest BCUT2D eigenvalue weighted by molar-refractivity contribution is 0.652. The van der Waals surface area contributed by atoms with Gasteiger partial charge in [-0.1, -0.05) is 146 Å². The predicted molar refractivity (Wildman–Crippen MR) is 158 cm³/mol. The maximum Gasteiger partial charge on any atom is 0.0131 e. The van der Waals surface area contributed by atoms with Gasteiger partial charge in [-0.25, -0.2) is 0 Å². The summed E-state index contributed by atoms with van der Waals surface area (Å²) in [5, 5.41) is 2.56. The Kier molecular flexibility index (Phi) is 7.24. The Morgan fingerprint density at radius 1 is 0.667 bits per heavy atom. The van der Waals surface area contributed by atoms with Crippen molar-refractivity contribution in [2.24, 2.45) is 11.8 Å². The molecule has 0 N–H and O–H groups in total. The predicted octanol–water partition coefficient (Wildman–Crippen LogP) is 9.82. The van der Waals surface area contributed by atoms with E-state index in [0.717, 1.165) is 0 Å². The summed E-state index contributed by atoms with van der Waals surface area (Å²) in [5.74, 6) is 0.534. The molecule has 2 aliphatic carbocycles. The van der Waals surface area contributed by atoms with E-state index < -0.39 is 0 Å². The molecule has 0 spiro atoms. The van der Waals surface area contributed by atoms with E-state index in [9.17, 15) is 0 Å². The van der Waals surface area contributed by atoms with Crippen LogP contribution in [0.1, 0.15) is 19.4 Å². The van der Waals surface area contributed by atoms with E-state index in [0.29, 0.717) is 0 Å². The highest BCUT2D eigenvalue weighted by molar-refractivity contribution is 5.96. The molecule has 2 atom stereocenters. The number of hydrogen-bond donors (Lipinski definition) is 0. The Hall–Kier alpha value is -4.16. The van der Waals surface area contributed by atoms with Crippen LogP contribution in [0.5, 0.6) is 0 Å². The topological polar surface area (TPSA) is 0 Å². The fourth-order valence-electron chi connectivity index (χ4n) is 5.21. The third-order valence-electron chi connectivity index (χ3n) is 7.05. The van der Waals surface area contributed by atoms with Crippen LogP contribution in [0.25, 0.3) is 27.5 Å². The van der Waals surface area contributed by atoms with Gasteiger partial charge in [-0.15, -0.1) is 0 Å². The van der Waals surface area contributed by atoms with Crippen LogP contribution in [0.3, 0.4) is 0 Å². The van der Waals surface area contributed by atoms with Crippen molar-refractivity contribution in [3.63, 3.8) is 0 Å². The number of fused-ring (bicyclic) bond motifs is 2. The zero-order chi connectivity index (χ0) is 24.7. The first kappa shape index (κ1) is 23.6. The largest absolute Gasteiger partial charge is 0.0877 e. The lowest BCUT2D eigenvalue weighted by Crippen LogP contribution is -2.18.